The lowest BCUT2D eigenvalue weighted by atomic mass is 10.4. The molecule has 0 spiro atoms. The van der Waals surface area contributed by atoms with Gasteiger partial charge >= 0.3 is 0 Å². The lowest BCUT2D eigenvalue weighted by Crippen LogP contribution is -2.30. The lowest BCUT2D eigenvalue weighted by molar-refractivity contribution is 0.0535. The average Bonchev–Trinajstić information content (AvgIpc) is 2.96. The molecule has 0 unspecified atom stereocenters. The first-order chi connectivity index (χ1) is 10.6. The van der Waals surface area contributed by atoms with Crippen molar-refractivity contribution in [2.75, 3.05) is 6.54 Å². The minimum Gasteiger partial charge on any atom is -0.453 e. The largest absolute Gasteiger partial charge is 0.453 e. The molecule has 0 aliphatic carbocycles. The van der Waals surface area contributed by atoms with E-state index in [1.807, 2.05) is 13.8 Å². The Morgan fingerprint density at radius 1 is 1.41 bits per heavy atom. The smallest absolute Gasteiger partial charge is 0.287 e. The molecule has 7 heteroatoms. The molecule has 0 aliphatic rings. The van der Waals surface area contributed by atoms with E-state index in [1.165, 1.54) is 23.2 Å². The highest BCUT2D eigenvalue weighted by Crippen LogP contribution is 2.10. The maximum atomic E-state index is 11.9. The van der Waals surface area contributed by atoms with Gasteiger partial charge in [-0.3, -0.25) is 14.2 Å². The van der Waals surface area contributed by atoms with Crippen LogP contribution in [0, 0.1) is 0 Å². The Balaban J connectivity index is 1.82. The molecule has 22 heavy (non-hydrogen) atoms. The van der Waals surface area contributed by atoms with E-state index in [0.717, 1.165) is 0 Å². The van der Waals surface area contributed by atoms with Gasteiger partial charge in [-0.25, -0.2) is 4.98 Å². The number of rotatable bonds is 7. The zero-order chi connectivity index (χ0) is 15.9. The van der Waals surface area contributed by atoms with Crippen LogP contribution in [0.5, 0.6) is 0 Å². The second kappa shape index (κ2) is 7.56. The van der Waals surface area contributed by atoms with Crippen LogP contribution in [0.3, 0.4) is 0 Å². The van der Waals surface area contributed by atoms with Gasteiger partial charge in [0.05, 0.1) is 12.4 Å². The Morgan fingerprint density at radius 2 is 2.23 bits per heavy atom. The number of hydrogen-bond donors (Lipinski definition) is 1. The fourth-order valence-electron chi connectivity index (χ4n) is 1.75. The molecule has 0 aromatic carbocycles. The fraction of sp³-hybridized carbons (Fsp3) is 0.400. The van der Waals surface area contributed by atoms with Gasteiger partial charge < -0.3 is 14.5 Å². The van der Waals surface area contributed by atoms with Gasteiger partial charge in [0.1, 0.15) is 12.4 Å². The molecular formula is C15H19N3O4. The van der Waals surface area contributed by atoms with E-state index in [0.29, 0.717) is 25.5 Å². The highest BCUT2D eigenvalue weighted by Gasteiger charge is 2.11. The van der Waals surface area contributed by atoms with Crippen LogP contribution < -0.4 is 10.9 Å². The Hall–Kier alpha value is -2.41. The van der Waals surface area contributed by atoms with Crippen molar-refractivity contribution in [2.45, 2.75) is 33.1 Å². The quantitative estimate of drug-likeness (QED) is 0.830. The van der Waals surface area contributed by atoms with Crippen LogP contribution in [0.2, 0.25) is 0 Å². The lowest BCUT2D eigenvalue weighted by Gasteiger charge is -2.06. The zero-order valence-corrected chi connectivity index (χ0v) is 12.6. The Labute approximate surface area is 127 Å². The average molecular weight is 305 g/mol. The monoisotopic (exact) mass is 305 g/mol. The van der Waals surface area contributed by atoms with Crippen molar-refractivity contribution in [1.29, 1.82) is 0 Å². The third-order valence-corrected chi connectivity index (χ3v) is 2.87. The first-order valence-corrected chi connectivity index (χ1v) is 7.05. The standard InChI is InChI=1S/C15H19N3O4/c1-11(2)21-9-12-3-4-13(22-12)15(20)17-7-8-18-10-16-6-5-14(18)19/h3-6,10-11H,7-9H2,1-2H3,(H,17,20). The van der Waals surface area contributed by atoms with Crippen molar-refractivity contribution in [2.24, 2.45) is 0 Å². The molecule has 2 rings (SSSR count). The molecule has 0 atom stereocenters. The van der Waals surface area contributed by atoms with Crippen molar-refractivity contribution < 1.29 is 13.9 Å². The third-order valence-electron chi connectivity index (χ3n) is 2.87. The van der Waals surface area contributed by atoms with Gasteiger partial charge in [-0.15, -0.1) is 0 Å². The number of nitrogens with zero attached hydrogens (tertiary/aromatic N) is 2. The zero-order valence-electron chi connectivity index (χ0n) is 12.6. The molecule has 0 aliphatic heterocycles. The van der Waals surface area contributed by atoms with Crippen LogP contribution in [0.15, 0.2) is 39.9 Å². The molecule has 1 N–H and O–H groups in total. The van der Waals surface area contributed by atoms with E-state index >= 15 is 0 Å². The molecular weight excluding hydrogens is 286 g/mol. The molecule has 0 saturated heterocycles. The van der Waals surface area contributed by atoms with Crippen LogP contribution in [-0.2, 0) is 17.9 Å². The second-order valence-corrected chi connectivity index (χ2v) is 4.99. The minimum atomic E-state index is -0.326. The van der Waals surface area contributed by atoms with E-state index in [9.17, 15) is 9.59 Å². The predicted molar refractivity (Wildman–Crippen MR) is 79.5 cm³/mol. The van der Waals surface area contributed by atoms with Crippen molar-refractivity contribution in [3.8, 4) is 0 Å². The predicted octanol–water partition coefficient (Wildman–Crippen LogP) is 1.19. The van der Waals surface area contributed by atoms with E-state index in [4.69, 9.17) is 9.15 Å². The summed E-state index contributed by atoms with van der Waals surface area (Å²) < 4.78 is 12.2. The van der Waals surface area contributed by atoms with Gasteiger partial charge in [0.2, 0.25) is 0 Å². The number of carbonyl (C=O) groups is 1. The molecule has 118 valence electrons. The topological polar surface area (TPSA) is 86.4 Å². The number of amides is 1. The summed E-state index contributed by atoms with van der Waals surface area (Å²) in [6, 6.07) is 4.68. The summed E-state index contributed by atoms with van der Waals surface area (Å²) in [5, 5.41) is 2.69. The van der Waals surface area contributed by atoms with Crippen molar-refractivity contribution in [3.63, 3.8) is 0 Å². The minimum absolute atomic E-state index is 0.0974. The Morgan fingerprint density at radius 3 is 2.95 bits per heavy atom. The van der Waals surface area contributed by atoms with Gasteiger partial charge in [0.25, 0.3) is 11.5 Å². The normalized spacial score (nSPS) is 10.9. The summed E-state index contributed by atoms with van der Waals surface area (Å²) in [7, 11) is 0. The summed E-state index contributed by atoms with van der Waals surface area (Å²) in [5.74, 6) is 0.496. The van der Waals surface area contributed by atoms with Crippen LogP contribution >= 0.6 is 0 Å². The highest BCUT2D eigenvalue weighted by molar-refractivity contribution is 5.91. The van der Waals surface area contributed by atoms with Crippen LogP contribution in [0.25, 0.3) is 0 Å². The van der Waals surface area contributed by atoms with Gasteiger partial charge in [0, 0.05) is 25.4 Å². The molecule has 1 amide bonds. The number of hydrogen-bond acceptors (Lipinski definition) is 5. The number of ether oxygens (including phenoxy) is 1. The summed E-state index contributed by atoms with van der Waals surface area (Å²) in [6.45, 7) is 4.84. The van der Waals surface area contributed by atoms with Crippen LogP contribution in [-0.4, -0.2) is 28.1 Å². The highest BCUT2D eigenvalue weighted by atomic mass is 16.5. The van der Waals surface area contributed by atoms with E-state index in [2.05, 4.69) is 10.3 Å². The molecule has 2 heterocycles. The Kier molecular flexibility index (Phi) is 5.48. The molecule has 2 aromatic heterocycles. The number of aromatic nitrogens is 2. The van der Waals surface area contributed by atoms with Crippen molar-refractivity contribution in [1.82, 2.24) is 14.9 Å². The summed E-state index contributed by atoms with van der Waals surface area (Å²) in [5.41, 5.74) is -0.157. The van der Waals surface area contributed by atoms with Gasteiger partial charge in [0.15, 0.2) is 5.76 Å². The maximum Gasteiger partial charge on any atom is 0.287 e. The molecule has 0 bridgehead atoms. The first-order valence-electron chi connectivity index (χ1n) is 7.05. The number of carbonyl (C=O) groups excluding carboxylic acids is 1. The molecule has 0 radical (unpaired) electrons. The SMILES string of the molecule is CC(C)OCc1ccc(C(=O)NCCn2cnccc2=O)o1. The first kappa shape index (κ1) is 16.0. The fourth-order valence-corrected chi connectivity index (χ4v) is 1.75. The van der Waals surface area contributed by atoms with Crippen molar-refractivity contribution in [3.05, 3.63) is 52.6 Å². The summed E-state index contributed by atoms with van der Waals surface area (Å²) in [6.07, 6.45) is 2.96. The Bertz CT molecular complexity index is 675. The van der Waals surface area contributed by atoms with Gasteiger partial charge in [-0.1, -0.05) is 0 Å². The number of nitrogens with one attached hydrogen (secondary N) is 1. The number of furan rings is 1. The maximum absolute atomic E-state index is 11.9. The molecule has 7 nitrogen and oxygen atoms in total. The van der Waals surface area contributed by atoms with E-state index in [-0.39, 0.29) is 23.3 Å². The van der Waals surface area contributed by atoms with Gasteiger partial charge in [-0.05, 0) is 26.0 Å². The molecule has 0 saturated carbocycles. The second-order valence-electron chi connectivity index (χ2n) is 4.99. The summed E-state index contributed by atoms with van der Waals surface area (Å²) in [4.78, 5) is 27.3. The molecule has 0 fully saturated rings. The third kappa shape index (κ3) is 4.56. The molecule has 2 aromatic rings. The van der Waals surface area contributed by atoms with E-state index in [1.54, 1.807) is 12.1 Å². The van der Waals surface area contributed by atoms with Crippen molar-refractivity contribution >= 4 is 5.91 Å². The van der Waals surface area contributed by atoms with E-state index < -0.39 is 0 Å². The van der Waals surface area contributed by atoms with Crippen LogP contribution in [0.1, 0.15) is 30.2 Å². The van der Waals surface area contributed by atoms with Crippen LogP contribution in [0.4, 0.5) is 0 Å². The van der Waals surface area contributed by atoms with Gasteiger partial charge in [-0.2, -0.15) is 0 Å². The summed E-state index contributed by atoms with van der Waals surface area (Å²) >= 11 is 0.